The Hall–Kier alpha value is -11.3. The van der Waals surface area contributed by atoms with Crippen LogP contribution in [0.2, 0.25) is 20.1 Å². The van der Waals surface area contributed by atoms with Crippen LogP contribution in [-0.4, -0.2) is 132 Å². The van der Waals surface area contributed by atoms with Crippen molar-refractivity contribution in [2.24, 2.45) is 16.7 Å². The third-order valence-electron chi connectivity index (χ3n) is 25.3. The van der Waals surface area contributed by atoms with Crippen LogP contribution in [0.25, 0.3) is 10.9 Å². The number of hydrogen-bond acceptors (Lipinski definition) is 19. The number of nitriles is 1. The van der Waals surface area contributed by atoms with Gasteiger partial charge in [0, 0.05) is 94.3 Å². The van der Waals surface area contributed by atoms with Crippen molar-refractivity contribution in [2.75, 3.05) is 26.4 Å². The molecule has 1 atom stereocenters. The molecule has 12 fully saturated rings. The van der Waals surface area contributed by atoms with Crippen LogP contribution in [0.5, 0.6) is 23.0 Å². The number of ketones is 2. The molecule has 12 aliphatic carbocycles. The second-order valence-corrected chi connectivity index (χ2v) is 36.6. The summed E-state index contributed by atoms with van der Waals surface area (Å²) in [5.41, 5.74) is 3.85. The van der Waals surface area contributed by atoms with Crippen molar-refractivity contribution in [3.8, 4) is 29.1 Å². The van der Waals surface area contributed by atoms with E-state index in [4.69, 9.17) is 75.1 Å². The van der Waals surface area contributed by atoms with Gasteiger partial charge in [-0.05, 0) is 241 Å². The summed E-state index contributed by atoms with van der Waals surface area (Å²) < 4.78 is 67.5. The first kappa shape index (κ1) is 90.0. The molecule has 4 heterocycles. The number of aromatic nitrogens is 5. The molecular formula is C93H95Cl4F3N12O13. The number of ether oxygens (including phenoxy) is 4. The summed E-state index contributed by atoms with van der Waals surface area (Å²) in [6, 6.07) is 34.2. The van der Waals surface area contributed by atoms with Gasteiger partial charge < -0.3 is 55.4 Å². The van der Waals surface area contributed by atoms with E-state index in [2.05, 4.69) is 76.9 Å². The van der Waals surface area contributed by atoms with Crippen LogP contribution in [0.3, 0.4) is 0 Å². The van der Waals surface area contributed by atoms with Gasteiger partial charge in [0.25, 0.3) is 35.4 Å². The van der Waals surface area contributed by atoms with Crippen LogP contribution in [0.1, 0.15) is 207 Å². The van der Waals surface area contributed by atoms with Gasteiger partial charge in [-0.25, -0.2) is 18.2 Å². The molecule has 32 heteroatoms. The predicted molar refractivity (Wildman–Crippen MR) is 459 cm³/mol. The number of fused-ring (bicyclic) bond motifs is 5. The van der Waals surface area contributed by atoms with Gasteiger partial charge in [0.1, 0.15) is 69.7 Å². The number of amides is 6. The lowest BCUT2D eigenvalue weighted by atomic mass is 9.38. The van der Waals surface area contributed by atoms with Crippen LogP contribution < -0.4 is 50.8 Å². The zero-order valence-corrected chi connectivity index (χ0v) is 72.5. The number of aryl methyl sites for hydroxylation is 4. The number of rotatable bonds is 31. The van der Waals surface area contributed by atoms with Gasteiger partial charge in [0.05, 0.1) is 38.4 Å². The Morgan fingerprint density at radius 3 is 1.54 bits per heavy atom. The fourth-order valence-electron chi connectivity index (χ4n) is 19.6. The number of Topliss-reactive ketones (excluding diaryl/α,β-unsaturated/α-hetero) is 2. The van der Waals surface area contributed by atoms with Crippen molar-refractivity contribution in [1.82, 2.24) is 57.0 Å². The number of halogens is 7. The molecule has 12 aliphatic rings. The molecule has 9 aromatic rings. The van der Waals surface area contributed by atoms with Gasteiger partial charge in [-0.3, -0.25) is 53.3 Å². The van der Waals surface area contributed by atoms with Gasteiger partial charge >= 0.3 is 0 Å². The van der Waals surface area contributed by atoms with Crippen molar-refractivity contribution < 1.29 is 75.0 Å². The van der Waals surface area contributed by atoms with Crippen molar-refractivity contribution in [3.63, 3.8) is 0 Å². The van der Waals surface area contributed by atoms with E-state index in [9.17, 15) is 51.5 Å². The van der Waals surface area contributed by atoms with E-state index in [0.717, 1.165) is 143 Å². The number of nitrogens with one attached hydrogen (secondary N) is 6. The first-order valence-corrected chi connectivity index (χ1v) is 43.3. The molecule has 6 N–H and O–H groups in total. The zero-order chi connectivity index (χ0) is 88.7. The van der Waals surface area contributed by atoms with Crippen LogP contribution in [0.15, 0.2) is 151 Å². The molecule has 21 rings (SSSR count). The molecule has 25 nitrogen and oxygen atoms in total. The molecule has 0 radical (unpaired) electrons. The lowest BCUT2D eigenvalue weighted by molar-refractivity contribution is -0.164. The summed E-state index contributed by atoms with van der Waals surface area (Å²) in [5, 5.41) is 32.6. The van der Waals surface area contributed by atoms with Crippen LogP contribution >= 0.6 is 46.4 Å². The largest absolute Gasteiger partial charge is 0.486 e. The van der Waals surface area contributed by atoms with E-state index >= 15 is 0 Å². The summed E-state index contributed by atoms with van der Waals surface area (Å²) in [5.74, 6) is -1.37. The van der Waals surface area contributed by atoms with Crippen molar-refractivity contribution >= 4 is 104 Å². The first-order chi connectivity index (χ1) is 59.7. The highest BCUT2D eigenvalue weighted by Crippen LogP contribution is 2.70. The maximum absolute atomic E-state index is 13.6. The SMILES string of the molecule is CC1CC2(NC(=O)COc3ccc(Cl)c(F)c3)CCC1(NC(=O)c1onc3ccccc13)CC2.CCCc1cnc(C(=O)CC23CC(NC(=O)COc4ccc(Cl)c(F)c4)(C2)C3)cn1.CCc1ccnc(C(=O)NC23CCC(NC(=O)COc4ccc(Cl)c(F)c4)(C2)C3)c1.Cc1cc(OCC(=O)CC23CC(NC(=O)c4ccc(CCC#N)cn4)(C2)C3)ccc1Cl. The molecule has 8 bridgehead atoms. The fraction of sp³-hybridized carbons (Fsp3) is 0.419. The smallest absolute Gasteiger partial charge is 0.290 e. The highest BCUT2D eigenvalue weighted by atomic mass is 35.5. The van der Waals surface area contributed by atoms with Crippen molar-refractivity contribution in [3.05, 3.63) is 229 Å². The molecule has 4 aromatic heterocycles. The molecule has 0 saturated heterocycles. The fourth-order valence-corrected chi connectivity index (χ4v) is 20.0. The molecule has 0 aliphatic heterocycles. The van der Waals surface area contributed by atoms with Gasteiger partial charge in [-0.2, -0.15) is 5.26 Å². The van der Waals surface area contributed by atoms with E-state index in [0.29, 0.717) is 77.3 Å². The third-order valence-corrected chi connectivity index (χ3v) is 26.7. The summed E-state index contributed by atoms with van der Waals surface area (Å²) >= 11 is 23.0. The number of carbonyl (C=O) groups is 8. The van der Waals surface area contributed by atoms with Crippen LogP contribution in [0, 0.1) is 52.5 Å². The van der Waals surface area contributed by atoms with Gasteiger partial charge in [-0.1, -0.05) is 97.0 Å². The number of benzene rings is 5. The summed E-state index contributed by atoms with van der Waals surface area (Å²) in [6.45, 7) is 7.52. The zero-order valence-electron chi connectivity index (χ0n) is 69.5. The lowest BCUT2D eigenvalue weighted by Crippen LogP contribution is -2.75. The third kappa shape index (κ3) is 21.1. The maximum Gasteiger partial charge on any atom is 0.290 e. The average molecular weight is 1790 g/mol. The quantitative estimate of drug-likeness (QED) is 0.0220. The summed E-state index contributed by atoms with van der Waals surface area (Å²) in [7, 11) is 0. The minimum atomic E-state index is -0.595. The van der Waals surface area contributed by atoms with Crippen molar-refractivity contribution in [1.29, 1.82) is 5.26 Å². The molecule has 654 valence electrons. The molecule has 5 aromatic carbocycles. The van der Waals surface area contributed by atoms with Gasteiger partial charge in [0.2, 0.25) is 5.76 Å². The first-order valence-electron chi connectivity index (χ1n) is 41.8. The standard InChI is InChI=1S/C25H25ClFN3O4.C24H24ClN3O3.2C22H23ClFN3O3/c1-15-13-24(28-21(31)14-33-16-6-7-18(26)19(27)12-16)8-10-25(15,11-9-24)29-23(32)22-17-4-2-3-5-20(17)30-34-22;1-16-9-19(5-6-20(16)25)31-12-18(29)10-23-13-24(14-23,15-23)28-22(30)21-7-4-17(11-27-21)3-2-8-26;1-2-14-5-8-25-18(9-14)20(29)27-22-7-6-21(12-22,13-22)26-19(28)11-30-15-3-4-16(23)17(24)10-15;1-2-3-14-8-26-18(9-25-14)19(28)7-21-11-22(12-21,13-21)27-20(29)10-30-15-4-5-16(23)17(24)6-15/h2-7,12,15H,8-11,13-14H2,1H3,(H,28,31)(H,29,32);4-7,9,11H,2-3,10,12-15H2,1H3,(H,28,30);3-5,8-10H,2,6-7,11-13H2,1H3,(H,26,28)(H,27,29);4-6,8-9H,2-3,7,10-13H2,1H3,(H,27,29). The monoisotopic (exact) mass is 1780 g/mol. The molecule has 125 heavy (non-hydrogen) atoms. The number of hydrogen-bond donors (Lipinski definition) is 6. The minimum Gasteiger partial charge on any atom is -0.486 e. The second-order valence-electron chi connectivity index (χ2n) is 35.0. The van der Waals surface area contributed by atoms with E-state index < -0.39 is 17.5 Å². The van der Waals surface area contributed by atoms with Gasteiger partial charge in [-0.15, -0.1) is 0 Å². The molecule has 6 amide bonds. The molecule has 12 saturated carbocycles. The Morgan fingerprint density at radius 1 is 0.496 bits per heavy atom. The Balaban J connectivity index is 0.000000136. The minimum absolute atomic E-state index is 0.00104. The number of pyridine rings is 2. The normalized spacial score (nSPS) is 24.3. The molecule has 1 unspecified atom stereocenters. The van der Waals surface area contributed by atoms with E-state index in [1.54, 1.807) is 43.0 Å². The highest BCUT2D eigenvalue weighted by Gasteiger charge is 2.70. The predicted octanol–water partition coefficient (Wildman–Crippen LogP) is 16.2. The van der Waals surface area contributed by atoms with Crippen molar-refractivity contribution in [2.45, 2.75) is 202 Å². The van der Waals surface area contributed by atoms with Crippen LogP contribution in [-0.2, 0) is 38.4 Å². The van der Waals surface area contributed by atoms with E-state index in [-0.39, 0.29) is 161 Å². The number of carbonyl (C=O) groups excluding carboxylic acids is 8. The molecule has 0 spiro atoms. The average Bonchev–Trinajstić information content (AvgIpc) is 1.09. The summed E-state index contributed by atoms with van der Waals surface area (Å²) in [6.07, 6.45) is 22.6. The highest BCUT2D eigenvalue weighted by molar-refractivity contribution is 6.32. The Morgan fingerprint density at radius 2 is 1.01 bits per heavy atom. The van der Waals surface area contributed by atoms with Crippen LogP contribution in [0.4, 0.5) is 13.2 Å². The maximum atomic E-state index is 13.6. The summed E-state index contributed by atoms with van der Waals surface area (Å²) in [4.78, 5) is 117. The Kier molecular flexibility index (Phi) is 27.0. The Labute approximate surface area is 740 Å². The topological polar surface area (TPSA) is 347 Å². The van der Waals surface area contributed by atoms with E-state index in [1.807, 2.05) is 62.4 Å². The van der Waals surface area contributed by atoms with Gasteiger partial charge in [0.15, 0.2) is 31.4 Å². The lowest BCUT2D eigenvalue weighted by Gasteiger charge is -2.70. The number of nitrogens with zero attached hydrogens (tertiary/aromatic N) is 6. The second kappa shape index (κ2) is 37.5. The molecular weight excluding hydrogens is 1690 g/mol. The Bertz CT molecular complexity index is 5610. The van der Waals surface area contributed by atoms with E-state index in [1.165, 1.54) is 36.4 Å².